The van der Waals surface area contributed by atoms with Gasteiger partial charge in [-0.05, 0) is 12.1 Å². The lowest BCUT2D eigenvalue weighted by atomic mass is 10.1. The van der Waals surface area contributed by atoms with Gasteiger partial charge in [0.25, 0.3) is 5.91 Å². The molecule has 0 saturated heterocycles. The molecule has 3 N–H and O–H groups in total. The summed E-state index contributed by atoms with van der Waals surface area (Å²) in [5, 5.41) is 29.2. The van der Waals surface area contributed by atoms with Gasteiger partial charge in [-0.2, -0.15) is 5.26 Å². The Bertz CT molecular complexity index is 410. The minimum atomic E-state index is -0.515. The molecule has 5 nitrogen and oxygen atoms in total. The van der Waals surface area contributed by atoms with Crippen LogP contribution in [0.25, 0.3) is 0 Å². The van der Waals surface area contributed by atoms with Gasteiger partial charge in [0.05, 0.1) is 18.1 Å². The fourth-order valence-electron chi connectivity index (χ4n) is 1.04. The van der Waals surface area contributed by atoms with Gasteiger partial charge in [0, 0.05) is 6.54 Å². The van der Waals surface area contributed by atoms with E-state index in [0.29, 0.717) is 0 Å². The van der Waals surface area contributed by atoms with E-state index in [1.165, 1.54) is 18.2 Å². The molecule has 0 aliphatic carbocycles. The highest BCUT2D eigenvalue weighted by atomic mass is 16.3. The van der Waals surface area contributed by atoms with E-state index in [0.717, 1.165) is 0 Å². The lowest BCUT2D eigenvalue weighted by molar-refractivity contribution is 0.0951. The van der Waals surface area contributed by atoms with Crippen LogP contribution < -0.4 is 5.32 Å². The maximum atomic E-state index is 11.4. The van der Waals surface area contributed by atoms with E-state index in [-0.39, 0.29) is 24.3 Å². The monoisotopic (exact) mass is 206 g/mol. The molecule has 0 saturated carbocycles. The number of aromatic hydroxyl groups is 2. The topological polar surface area (TPSA) is 93.4 Å². The van der Waals surface area contributed by atoms with Crippen molar-refractivity contribution in [1.82, 2.24) is 5.32 Å². The van der Waals surface area contributed by atoms with E-state index >= 15 is 0 Å². The predicted octanol–water partition coefficient (Wildman–Crippen LogP) is 0.741. The molecule has 0 bridgehead atoms. The number of nitriles is 1. The largest absolute Gasteiger partial charge is 0.504 e. The predicted molar refractivity (Wildman–Crippen MR) is 52.3 cm³/mol. The van der Waals surface area contributed by atoms with Gasteiger partial charge in [0.1, 0.15) is 0 Å². The van der Waals surface area contributed by atoms with Crippen molar-refractivity contribution in [3.63, 3.8) is 0 Å². The van der Waals surface area contributed by atoms with E-state index in [2.05, 4.69) is 5.32 Å². The van der Waals surface area contributed by atoms with Crippen LogP contribution in [0.4, 0.5) is 0 Å². The van der Waals surface area contributed by atoms with Crippen LogP contribution in [0, 0.1) is 11.3 Å². The molecule has 1 amide bonds. The number of carbonyl (C=O) groups excluding carboxylic acids is 1. The number of nitrogens with zero attached hydrogens (tertiary/aromatic N) is 1. The second kappa shape index (κ2) is 4.86. The van der Waals surface area contributed by atoms with Crippen molar-refractivity contribution in [2.45, 2.75) is 6.42 Å². The summed E-state index contributed by atoms with van der Waals surface area (Å²) < 4.78 is 0. The second-order valence-corrected chi connectivity index (χ2v) is 2.84. The van der Waals surface area contributed by atoms with E-state index in [1.807, 2.05) is 6.07 Å². The SMILES string of the molecule is N#CCCNC(=O)c1cccc(O)c1O. The molecular weight excluding hydrogens is 196 g/mol. The highest BCUT2D eigenvalue weighted by Gasteiger charge is 2.12. The molecule has 78 valence electrons. The minimum absolute atomic E-state index is 0.00654. The summed E-state index contributed by atoms with van der Waals surface area (Å²) in [6.45, 7) is 0.213. The number of benzene rings is 1. The van der Waals surface area contributed by atoms with E-state index in [4.69, 9.17) is 10.4 Å². The first-order valence-corrected chi connectivity index (χ1v) is 4.33. The number of para-hydroxylation sites is 1. The Hall–Kier alpha value is -2.22. The quantitative estimate of drug-likeness (QED) is 0.502. The summed E-state index contributed by atoms with van der Waals surface area (Å²) in [7, 11) is 0. The van der Waals surface area contributed by atoms with E-state index < -0.39 is 11.7 Å². The molecule has 0 atom stereocenters. The smallest absolute Gasteiger partial charge is 0.255 e. The maximum absolute atomic E-state index is 11.4. The number of rotatable bonds is 3. The average molecular weight is 206 g/mol. The molecule has 5 heteroatoms. The third kappa shape index (κ3) is 2.61. The van der Waals surface area contributed by atoms with Crippen molar-refractivity contribution >= 4 is 5.91 Å². The third-order valence-electron chi connectivity index (χ3n) is 1.78. The van der Waals surface area contributed by atoms with Crippen molar-refractivity contribution in [1.29, 1.82) is 5.26 Å². The van der Waals surface area contributed by atoms with Crippen LogP contribution in [0.15, 0.2) is 18.2 Å². The van der Waals surface area contributed by atoms with Gasteiger partial charge in [0.2, 0.25) is 0 Å². The molecule has 0 unspecified atom stereocenters. The summed E-state index contributed by atoms with van der Waals surface area (Å²) >= 11 is 0. The number of hydrogen-bond acceptors (Lipinski definition) is 4. The van der Waals surface area contributed by atoms with E-state index in [9.17, 15) is 9.90 Å². The Balaban J connectivity index is 2.75. The van der Waals surface area contributed by atoms with Crippen molar-refractivity contribution in [2.75, 3.05) is 6.54 Å². The summed E-state index contributed by atoms with van der Waals surface area (Å²) in [4.78, 5) is 11.4. The number of hydrogen-bond donors (Lipinski definition) is 3. The number of amides is 1. The van der Waals surface area contributed by atoms with Crippen LogP contribution in [0.3, 0.4) is 0 Å². The second-order valence-electron chi connectivity index (χ2n) is 2.84. The molecular formula is C10H10N2O3. The van der Waals surface area contributed by atoms with Gasteiger partial charge in [0.15, 0.2) is 11.5 Å². The van der Waals surface area contributed by atoms with Gasteiger partial charge < -0.3 is 15.5 Å². The lowest BCUT2D eigenvalue weighted by Crippen LogP contribution is -2.24. The fourth-order valence-corrected chi connectivity index (χ4v) is 1.04. The van der Waals surface area contributed by atoms with Crippen molar-refractivity contribution in [3.8, 4) is 17.6 Å². The van der Waals surface area contributed by atoms with Gasteiger partial charge in [-0.3, -0.25) is 4.79 Å². The molecule has 1 rings (SSSR count). The van der Waals surface area contributed by atoms with Gasteiger partial charge >= 0.3 is 0 Å². The molecule has 0 aliphatic rings. The zero-order chi connectivity index (χ0) is 11.3. The highest BCUT2D eigenvalue weighted by Crippen LogP contribution is 2.27. The van der Waals surface area contributed by atoms with Gasteiger partial charge in [-0.1, -0.05) is 6.07 Å². The Morgan fingerprint density at radius 2 is 2.20 bits per heavy atom. The zero-order valence-electron chi connectivity index (χ0n) is 7.90. The Labute approximate surface area is 86.6 Å². The first-order chi connectivity index (χ1) is 7.16. The molecule has 0 aromatic heterocycles. The van der Waals surface area contributed by atoms with Crippen molar-refractivity contribution in [3.05, 3.63) is 23.8 Å². The van der Waals surface area contributed by atoms with Gasteiger partial charge in [-0.15, -0.1) is 0 Å². The minimum Gasteiger partial charge on any atom is -0.504 e. The average Bonchev–Trinajstić information content (AvgIpc) is 2.22. The maximum Gasteiger partial charge on any atom is 0.255 e. The molecule has 1 aromatic rings. The molecule has 0 spiro atoms. The van der Waals surface area contributed by atoms with Crippen LogP contribution in [0.5, 0.6) is 11.5 Å². The van der Waals surface area contributed by atoms with Gasteiger partial charge in [-0.25, -0.2) is 0 Å². The summed E-state index contributed by atoms with van der Waals surface area (Å²) in [5.41, 5.74) is -0.00654. The number of nitrogens with one attached hydrogen (secondary N) is 1. The lowest BCUT2D eigenvalue weighted by Gasteiger charge is -2.05. The van der Waals surface area contributed by atoms with Crippen molar-refractivity contribution < 1.29 is 15.0 Å². The van der Waals surface area contributed by atoms with Crippen LogP contribution >= 0.6 is 0 Å². The molecule has 0 aliphatic heterocycles. The Kier molecular flexibility index (Phi) is 3.52. The van der Waals surface area contributed by atoms with Crippen molar-refractivity contribution in [2.24, 2.45) is 0 Å². The molecule has 0 heterocycles. The molecule has 0 radical (unpaired) electrons. The first-order valence-electron chi connectivity index (χ1n) is 4.33. The third-order valence-corrected chi connectivity index (χ3v) is 1.78. The van der Waals surface area contributed by atoms with Crippen LogP contribution in [-0.2, 0) is 0 Å². The normalized spacial score (nSPS) is 9.27. The number of carbonyl (C=O) groups is 1. The Morgan fingerprint density at radius 3 is 2.87 bits per heavy atom. The van der Waals surface area contributed by atoms with E-state index in [1.54, 1.807) is 0 Å². The summed E-state index contributed by atoms with van der Waals surface area (Å²) in [5.74, 6) is -1.31. The molecule has 0 fully saturated rings. The van der Waals surface area contributed by atoms with Crippen LogP contribution in [0.1, 0.15) is 16.8 Å². The Morgan fingerprint density at radius 1 is 1.47 bits per heavy atom. The number of phenolic OH excluding ortho intramolecular Hbond substituents is 2. The standard InChI is InChI=1S/C10H10N2O3/c11-5-2-6-12-10(15)7-3-1-4-8(13)9(7)14/h1,3-4,13-14H,2,6H2,(H,12,15). The zero-order valence-corrected chi connectivity index (χ0v) is 7.90. The summed E-state index contributed by atoms with van der Waals surface area (Å²) in [6, 6.07) is 5.99. The first kappa shape index (κ1) is 10.9. The van der Waals surface area contributed by atoms with Crippen LogP contribution in [0.2, 0.25) is 0 Å². The highest BCUT2D eigenvalue weighted by molar-refractivity contribution is 5.97. The summed E-state index contributed by atoms with van der Waals surface area (Å²) in [6.07, 6.45) is 0.200. The molecule has 15 heavy (non-hydrogen) atoms. The molecule has 1 aromatic carbocycles. The fraction of sp³-hybridized carbons (Fsp3) is 0.200. The van der Waals surface area contributed by atoms with Crippen LogP contribution in [-0.4, -0.2) is 22.7 Å². The number of phenols is 2.